The Balaban J connectivity index is 2.01. The third kappa shape index (κ3) is 4.35. The first-order chi connectivity index (χ1) is 11.8. The lowest BCUT2D eigenvalue weighted by Crippen LogP contribution is -2.30. The largest absolute Gasteiger partial charge is 0.507 e. The summed E-state index contributed by atoms with van der Waals surface area (Å²) in [6.07, 6.45) is -1.08. The average Bonchev–Trinajstić information content (AvgIpc) is 2.57. The fourth-order valence-corrected chi connectivity index (χ4v) is 2.06. The van der Waals surface area contributed by atoms with Gasteiger partial charge in [-0.1, -0.05) is 12.1 Å². The van der Waals surface area contributed by atoms with Crippen molar-refractivity contribution in [3.63, 3.8) is 0 Å². The van der Waals surface area contributed by atoms with Crippen molar-refractivity contribution < 1.29 is 24.2 Å². The summed E-state index contributed by atoms with van der Waals surface area (Å²) in [6.45, 7) is 3.07. The molecule has 0 bridgehead atoms. The highest BCUT2D eigenvalue weighted by Crippen LogP contribution is 2.22. The van der Waals surface area contributed by atoms with Crippen molar-refractivity contribution >= 4 is 23.5 Å². The third-order valence-corrected chi connectivity index (χ3v) is 3.55. The topological polar surface area (TPSA) is 119 Å². The zero-order valence-corrected chi connectivity index (χ0v) is 13.8. The molecule has 0 radical (unpaired) electrons. The van der Waals surface area contributed by atoms with Gasteiger partial charge >= 0.3 is 5.97 Å². The molecular weight excluding hydrogens is 324 g/mol. The molecule has 2 amide bonds. The fourth-order valence-electron chi connectivity index (χ4n) is 2.06. The van der Waals surface area contributed by atoms with E-state index in [4.69, 9.17) is 10.5 Å². The van der Waals surface area contributed by atoms with Gasteiger partial charge in [0.1, 0.15) is 11.3 Å². The minimum atomic E-state index is -1.08. The number of hydrogen-bond acceptors (Lipinski definition) is 5. The standard InChI is InChI=1S/C18H18N2O5/c1-10-4-3-5-14(15(10)21)18(24)25-11(2)17(23)20-13-8-6-12(7-9-13)16(19)22/h3-9,11,21H,1-2H3,(H2,19,22)(H,20,23)/t11-/m1/s1. The second kappa shape index (κ2) is 7.48. The summed E-state index contributed by atoms with van der Waals surface area (Å²) in [5.74, 6) is -2.10. The van der Waals surface area contributed by atoms with Crippen LogP contribution in [-0.2, 0) is 9.53 Å². The number of carbonyl (C=O) groups excluding carboxylic acids is 3. The van der Waals surface area contributed by atoms with Gasteiger partial charge in [-0.2, -0.15) is 0 Å². The Morgan fingerprint density at radius 1 is 1.12 bits per heavy atom. The van der Waals surface area contributed by atoms with Gasteiger partial charge < -0.3 is 20.9 Å². The van der Waals surface area contributed by atoms with E-state index in [1.54, 1.807) is 19.1 Å². The lowest BCUT2D eigenvalue weighted by Gasteiger charge is -2.14. The molecule has 0 saturated carbocycles. The van der Waals surface area contributed by atoms with E-state index in [1.807, 2.05) is 0 Å². The second-order valence-corrected chi connectivity index (χ2v) is 5.45. The number of aryl methyl sites for hydroxylation is 1. The third-order valence-electron chi connectivity index (χ3n) is 3.55. The van der Waals surface area contributed by atoms with Crippen LogP contribution in [0, 0.1) is 6.92 Å². The Morgan fingerprint density at radius 3 is 2.36 bits per heavy atom. The van der Waals surface area contributed by atoms with E-state index in [2.05, 4.69) is 5.32 Å². The first-order valence-electron chi connectivity index (χ1n) is 7.50. The van der Waals surface area contributed by atoms with Crippen molar-refractivity contribution in [2.75, 3.05) is 5.32 Å². The van der Waals surface area contributed by atoms with Crippen LogP contribution >= 0.6 is 0 Å². The zero-order valence-electron chi connectivity index (χ0n) is 13.8. The van der Waals surface area contributed by atoms with Gasteiger partial charge in [0.05, 0.1) is 0 Å². The number of benzene rings is 2. The van der Waals surface area contributed by atoms with Gasteiger partial charge in [-0.05, 0) is 49.7 Å². The summed E-state index contributed by atoms with van der Waals surface area (Å²) in [5, 5.41) is 12.4. The van der Waals surface area contributed by atoms with Crippen LogP contribution < -0.4 is 11.1 Å². The van der Waals surface area contributed by atoms with E-state index in [0.29, 0.717) is 16.8 Å². The Hall–Kier alpha value is -3.35. The number of phenolic OH excluding ortho intramolecular Hbond substituents is 1. The highest BCUT2D eigenvalue weighted by Gasteiger charge is 2.21. The molecule has 0 heterocycles. The zero-order chi connectivity index (χ0) is 18.6. The second-order valence-electron chi connectivity index (χ2n) is 5.45. The summed E-state index contributed by atoms with van der Waals surface area (Å²) in [5.41, 5.74) is 6.40. The smallest absolute Gasteiger partial charge is 0.342 e. The molecule has 2 rings (SSSR count). The molecule has 0 saturated heterocycles. The lowest BCUT2D eigenvalue weighted by atomic mass is 10.1. The van der Waals surface area contributed by atoms with Crippen LogP contribution in [0.2, 0.25) is 0 Å². The van der Waals surface area contributed by atoms with E-state index < -0.39 is 23.9 Å². The monoisotopic (exact) mass is 342 g/mol. The van der Waals surface area contributed by atoms with E-state index in [-0.39, 0.29) is 11.3 Å². The van der Waals surface area contributed by atoms with Crippen LogP contribution in [0.3, 0.4) is 0 Å². The van der Waals surface area contributed by atoms with Crippen molar-refractivity contribution in [3.05, 3.63) is 59.2 Å². The van der Waals surface area contributed by atoms with Gasteiger partial charge in [0.25, 0.3) is 5.91 Å². The Bertz CT molecular complexity index is 815. The predicted molar refractivity (Wildman–Crippen MR) is 91.3 cm³/mol. The minimum absolute atomic E-state index is 0.00883. The van der Waals surface area contributed by atoms with Crippen molar-refractivity contribution in [2.45, 2.75) is 20.0 Å². The summed E-state index contributed by atoms with van der Waals surface area (Å²) >= 11 is 0. The number of anilines is 1. The quantitative estimate of drug-likeness (QED) is 0.718. The Morgan fingerprint density at radius 2 is 1.76 bits per heavy atom. The maximum absolute atomic E-state index is 12.1. The molecule has 25 heavy (non-hydrogen) atoms. The molecule has 0 fully saturated rings. The molecule has 130 valence electrons. The summed E-state index contributed by atoms with van der Waals surface area (Å²) in [4.78, 5) is 35.2. The number of nitrogens with two attached hydrogens (primary N) is 1. The van der Waals surface area contributed by atoms with Gasteiger partial charge in [-0.3, -0.25) is 9.59 Å². The van der Waals surface area contributed by atoms with Crippen LogP contribution in [0.15, 0.2) is 42.5 Å². The fraction of sp³-hybridized carbons (Fsp3) is 0.167. The number of carbonyl (C=O) groups is 3. The summed E-state index contributed by atoms with van der Waals surface area (Å²) < 4.78 is 5.08. The predicted octanol–water partition coefficient (Wildman–Crippen LogP) is 1.98. The maximum Gasteiger partial charge on any atom is 0.342 e. The van der Waals surface area contributed by atoms with E-state index in [1.165, 1.54) is 37.3 Å². The molecule has 2 aromatic rings. The number of rotatable bonds is 5. The number of amides is 2. The number of primary amides is 1. The molecular formula is C18H18N2O5. The normalized spacial score (nSPS) is 11.4. The van der Waals surface area contributed by atoms with Crippen LogP contribution in [0.5, 0.6) is 5.75 Å². The number of aromatic hydroxyl groups is 1. The molecule has 0 aliphatic rings. The molecule has 0 aromatic heterocycles. The Kier molecular flexibility index (Phi) is 5.38. The maximum atomic E-state index is 12.1. The van der Waals surface area contributed by atoms with Gasteiger partial charge in [0.2, 0.25) is 5.91 Å². The molecule has 1 atom stereocenters. The van der Waals surface area contributed by atoms with Crippen molar-refractivity contribution in [2.24, 2.45) is 5.73 Å². The van der Waals surface area contributed by atoms with Crippen molar-refractivity contribution in [1.29, 1.82) is 0 Å². The minimum Gasteiger partial charge on any atom is -0.507 e. The molecule has 7 nitrogen and oxygen atoms in total. The molecule has 0 aliphatic carbocycles. The highest BCUT2D eigenvalue weighted by atomic mass is 16.5. The van der Waals surface area contributed by atoms with Crippen LogP contribution in [-0.4, -0.2) is 29.0 Å². The van der Waals surface area contributed by atoms with Crippen molar-refractivity contribution in [1.82, 2.24) is 0 Å². The van der Waals surface area contributed by atoms with Gasteiger partial charge in [0.15, 0.2) is 6.10 Å². The summed E-state index contributed by atoms with van der Waals surface area (Å²) in [6, 6.07) is 10.6. The van der Waals surface area contributed by atoms with Gasteiger partial charge in [0, 0.05) is 11.3 Å². The van der Waals surface area contributed by atoms with Gasteiger partial charge in [-0.25, -0.2) is 4.79 Å². The first kappa shape index (κ1) is 18.0. The van der Waals surface area contributed by atoms with Crippen LogP contribution in [0.1, 0.15) is 33.2 Å². The van der Waals surface area contributed by atoms with Crippen LogP contribution in [0.4, 0.5) is 5.69 Å². The average molecular weight is 342 g/mol. The lowest BCUT2D eigenvalue weighted by molar-refractivity contribution is -0.123. The summed E-state index contributed by atoms with van der Waals surface area (Å²) in [7, 11) is 0. The van der Waals surface area contributed by atoms with Crippen molar-refractivity contribution in [3.8, 4) is 5.75 Å². The number of ether oxygens (including phenoxy) is 1. The highest BCUT2D eigenvalue weighted by molar-refractivity contribution is 5.99. The number of hydrogen-bond donors (Lipinski definition) is 3. The molecule has 0 aliphatic heterocycles. The number of nitrogens with one attached hydrogen (secondary N) is 1. The number of phenols is 1. The molecule has 0 unspecified atom stereocenters. The number of esters is 1. The molecule has 0 spiro atoms. The number of para-hydroxylation sites is 1. The molecule has 4 N–H and O–H groups in total. The van der Waals surface area contributed by atoms with E-state index >= 15 is 0 Å². The Labute approximate surface area is 144 Å². The van der Waals surface area contributed by atoms with Crippen LogP contribution in [0.25, 0.3) is 0 Å². The van der Waals surface area contributed by atoms with E-state index in [0.717, 1.165) is 0 Å². The van der Waals surface area contributed by atoms with Gasteiger partial charge in [-0.15, -0.1) is 0 Å². The SMILES string of the molecule is Cc1cccc(C(=O)O[C@H](C)C(=O)Nc2ccc(C(N)=O)cc2)c1O. The molecule has 2 aromatic carbocycles. The first-order valence-corrected chi connectivity index (χ1v) is 7.50. The molecule has 7 heteroatoms. The van der Waals surface area contributed by atoms with E-state index in [9.17, 15) is 19.5 Å².